The second kappa shape index (κ2) is 7.99. The number of aliphatic hydroxyl groups excluding tert-OH is 1. The average molecular weight is 382 g/mol. The maximum absolute atomic E-state index is 10.9. The number of halogens is 1. The molecule has 0 bridgehead atoms. The lowest BCUT2D eigenvalue weighted by Crippen LogP contribution is -2.27. The van der Waals surface area contributed by atoms with Gasteiger partial charge in [-0.2, -0.15) is 0 Å². The molecule has 138 valence electrons. The van der Waals surface area contributed by atoms with Crippen LogP contribution >= 0.6 is 11.6 Å². The first-order valence-electron chi connectivity index (χ1n) is 8.92. The molecule has 0 saturated heterocycles. The van der Waals surface area contributed by atoms with Crippen LogP contribution in [0.2, 0.25) is 5.15 Å². The van der Waals surface area contributed by atoms with E-state index in [1.807, 2.05) is 48.5 Å². The van der Waals surface area contributed by atoms with Gasteiger partial charge in [0.05, 0.1) is 18.4 Å². The van der Waals surface area contributed by atoms with Gasteiger partial charge in [-0.25, -0.2) is 4.98 Å². The lowest BCUT2D eigenvalue weighted by molar-refractivity contribution is 0.0504. The number of fused-ring (bicyclic) bond motifs is 1. The lowest BCUT2D eigenvalue weighted by Gasteiger charge is -2.30. The zero-order valence-electron chi connectivity index (χ0n) is 14.7. The zero-order chi connectivity index (χ0) is 18.6. The van der Waals surface area contributed by atoms with E-state index in [0.717, 1.165) is 17.7 Å². The Labute approximate surface area is 163 Å². The largest absolute Gasteiger partial charge is 0.493 e. The van der Waals surface area contributed by atoms with E-state index in [9.17, 15) is 5.11 Å². The topological polar surface area (TPSA) is 51.6 Å². The van der Waals surface area contributed by atoms with Crippen molar-refractivity contribution in [2.75, 3.05) is 6.61 Å². The molecule has 2 aromatic carbocycles. The van der Waals surface area contributed by atoms with E-state index in [0.29, 0.717) is 29.9 Å². The molecule has 0 spiro atoms. The normalized spacial score (nSPS) is 18.4. The number of hydrogen-bond donors (Lipinski definition) is 1. The number of benzene rings is 2. The molecule has 0 saturated carbocycles. The SMILES string of the molecule is OC1c2cc(OCc3cccc(Cl)n3)ccc2OCC1Cc1ccccc1. The van der Waals surface area contributed by atoms with Gasteiger partial charge < -0.3 is 14.6 Å². The van der Waals surface area contributed by atoms with Gasteiger partial charge in [0.1, 0.15) is 23.3 Å². The van der Waals surface area contributed by atoms with Gasteiger partial charge in [0.25, 0.3) is 0 Å². The number of pyridine rings is 1. The molecule has 2 heterocycles. The van der Waals surface area contributed by atoms with Crippen molar-refractivity contribution in [2.45, 2.75) is 19.1 Å². The number of hydrogen-bond acceptors (Lipinski definition) is 4. The predicted molar refractivity (Wildman–Crippen MR) is 104 cm³/mol. The van der Waals surface area contributed by atoms with Crippen molar-refractivity contribution in [2.24, 2.45) is 5.92 Å². The van der Waals surface area contributed by atoms with Crippen LogP contribution in [0, 0.1) is 5.92 Å². The molecule has 1 N–H and O–H groups in total. The molecule has 3 aromatic rings. The minimum Gasteiger partial charge on any atom is -0.493 e. The van der Waals surface area contributed by atoms with Crippen LogP contribution in [-0.4, -0.2) is 16.7 Å². The monoisotopic (exact) mass is 381 g/mol. The van der Waals surface area contributed by atoms with Gasteiger partial charge in [-0.3, -0.25) is 0 Å². The van der Waals surface area contributed by atoms with Crippen LogP contribution in [0.4, 0.5) is 0 Å². The average Bonchev–Trinajstić information content (AvgIpc) is 2.70. The third-order valence-electron chi connectivity index (χ3n) is 4.70. The van der Waals surface area contributed by atoms with Crippen LogP contribution < -0.4 is 9.47 Å². The molecule has 2 atom stereocenters. The summed E-state index contributed by atoms with van der Waals surface area (Å²) in [5, 5.41) is 11.3. The van der Waals surface area contributed by atoms with Crippen LogP contribution in [-0.2, 0) is 13.0 Å². The molecule has 0 amide bonds. The molecule has 4 nitrogen and oxygen atoms in total. The predicted octanol–water partition coefficient (Wildman–Crippen LogP) is 4.60. The van der Waals surface area contributed by atoms with E-state index in [1.54, 1.807) is 6.07 Å². The molecular weight excluding hydrogens is 362 g/mol. The summed E-state index contributed by atoms with van der Waals surface area (Å²) in [6, 6.07) is 21.1. The van der Waals surface area contributed by atoms with Crippen molar-refractivity contribution in [3.63, 3.8) is 0 Å². The molecule has 27 heavy (non-hydrogen) atoms. The smallest absolute Gasteiger partial charge is 0.130 e. The first-order valence-corrected chi connectivity index (χ1v) is 9.30. The second-order valence-electron chi connectivity index (χ2n) is 6.65. The molecule has 1 aliphatic rings. The fourth-order valence-electron chi connectivity index (χ4n) is 3.30. The summed E-state index contributed by atoms with van der Waals surface area (Å²) >= 11 is 5.91. The Bertz CT molecular complexity index is 916. The molecule has 1 aliphatic heterocycles. The number of aromatic nitrogens is 1. The van der Waals surface area contributed by atoms with Crippen molar-refractivity contribution in [3.8, 4) is 11.5 Å². The Morgan fingerprint density at radius 2 is 1.93 bits per heavy atom. The summed E-state index contributed by atoms with van der Waals surface area (Å²) in [5.74, 6) is 1.38. The Hall–Kier alpha value is -2.56. The Morgan fingerprint density at radius 1 is 1.07 bits per heavy atom. The first-order chi connectivity index (χ1) is 13.2. The van der Waals surface area contributed by atoms with Crippen molar-refractivity contribution < 1.29 is 14.6 Å². The molecule has 1 aromatic heterocycles. The number of aliphatic hydroxyl groups is 1. The summed E-state index contributed by atoms with van der Waals surface area (Å²) in [5.41, 5.74) is 2.70. The second-order valence-corrected chi connectivity index (χ2v) is 7.03. The third kappa shape index (κ3) is 4.24. The minimum absolute atomic E-state index is 0.00440. The Morgan fingerprint density at radius 3 is 2.74 bits per heavy atom. The van der Waals surface area contributed by atoms with Gasteiger partial charge in [-0.1, -0.05) is 48.0 Å². The van der Waals surface area contributed by atoms with Crippen LogP contribution in [0.1, 0.15) is 22.9 Å². The number of rotatable bonds is 5. The molecule has 0 radical (unpaired) electrons. The minimum atomic E-state index is -0.596. The highest BCUT2D eigenvalue weighted by Crippen LogP contribution is 2.39. The van der Waals surface area contributed by atoms with E-state index in [2.05, 4.69) is 17.1 Å². The van der Waals surface area contributed by atoms with Gasteiger partial charge in [-0.05, 0) is 42.3 Å². The Balaban J connectivity index is 1.47. The molecular formula is C22H20ClNO3. The zero-order valence-corrected chi connectivity index (χ0v) is 15.5. The van der Waals surface area contributed by atoms with Gasteiger partial charge in [0, 0.05) is 11.5 Å². The van der Waals surface area contributed by atoms with Crippen LogP contribution in [0.3, 0.4) is 0 Å². The van der Waals surface area contributed by atoms with Gasteiger partial charge >= 0.3 is 0 Å². The van der Waals surface area contributed by atoms with Crippen LogP contribution in [0.15, 0.2) is 66.7 Å². The summed E-state index contributed by atoms with van der Waals surface area (Å²) in [6.45, 7) is 0.805. The lowest BCUT2D eigenvalue weighted by atomic mass is 9.88. The first kappa shape index (κ1) is 17.8. The third-order valence-corrected chi connectivity index (χ3v) is 4.91. The van der Waals surface area contributed by atoms with E-state index in [-0.39, 0.29) is 5.92 Å². The highest BCUT2D eigenvalue weighted by Gasteiger charge is 2.30. The summed E-state index contributed by atoms with van der Waals surface area (Å²) in [4.78, 5) is 4.22. The molecule has 2 unspecified atom stereocenters. The van der Waals surface area contributed by atoms with E-state index in [4.69, 9.17) is 21.1 Å². The maximum atomic E-state index is 10.9. The van der Waals surface area contributed by atoms with E-state index < -0.39 is 6.10 Å². The van der Waals surface area contributed by atoms with Crippen LogP contribution in [0.5, 0.6) is 11.5 Å². The molecule has 4 rings (SSSR count). The van der Waals surface area contributed by atoms with Crippen LogP contribution in [0.25, 0.3) is 0 Å². The fraction of sp³-hybridized carbons (Fsp3) is 0.227. The maximum Gasteiger partial charge on any atom is 0.130 e. The van der Waals surface area contributed by atoms with Crippen molar-refractivity contribution >= 4 is 11.6 Å². The van der Waals surface area contributed by atoms with Gasteiger partial charge in [-0.15, -0.1) is 0 Å². The van der Waals surface area contributed by atoms with Crippen molar-refractivity contribution in [1.82, 2.24) is 4.98 Å². The van der Waals surface area contributed by atoms with Gasteiger partial charge in [0.2, 0.25) is 0 Å². The summed E-state index contributed by atoms with van der Waals surface area (Å²) in [7, 11) is 0. The molecule has 0 fully saturated rings. The van der Waals surface area contributed by atoms with E-state index >= 15 is 0 Å². The standard InChI is InChI=1S/C22H20ClNO3/c23-21-8-4-7-17(24-21)14-26-18-9-10-20-19(12-18)22(25)16(13-27-20)11-15-5-2-1-3-6-15/h1-10,12,16,22,25H,11,13-14H2. The summed E-state index contributed by atoms with van der Waals surface area (Å²) < 4.78 is 11.7. The Kier molecular flexibility index (Phi) is 5.28. The van der Waals surface area contributed by atoms with Crippen molar-refractivity contribution in [3.05, 3.63) is 88.7 Å². The number of nitrogens with zero attached hydrogens (tertiary/aromatic N) is 1. The quantitative estimate of drug-likeness (QED) is 0.656. The number of ether oxygens (including phenoxy) is 2. The summed E-state index contributed by atoms with van der Waals surface area (Å²) in [6.07, 6.45) is 0.167. The van der Waals surface area contributed by atoms with Crippen molar-refractivity contribution in [1.29, 1.82) is 0 Å². The fourth-order valence-corrected chi connectivity index (χ4v) is 3.48. The molecule has 0 aliphatic carbocycles. The van der Waals surface area contributed by atoms with Gasteiger partial charge in [0.15, 0.2) is 0 Å². The molecule has 5 heteroatoms. The van der Waals surface area contributed by atoms with E-state index in [1.165, 1.54) is 5.56 Å². The highest BCUT2D eigenvalue weighted by atomic mass is 35.5. The highest BCUT2D eigenvalue weighted by molar-refractivity contribution is 6.29.